The largest absolute Gasteiger partial charge is 0.497 e. The van der Waals surface area contributed by atoms with Crippen molar-refractivity contribution in [3.63, 3.8) is 0 Å². The fourth-order valence-corrected chi connectivity index (χ4v) is 2.66. The highest BCUT2D eigenvalue weighted by Gasteiger charge is 2.16. The number of ether oxygens (including phenoxy) is 1. The summed E-state index contributed by atoms with van der Waals surface area (Å²) >= 11 is 0. The highest BCUT2D eigenvalue weighted by Crippen LogP contribution is 2.24. The Morgan fingerprint density at radius 2 is 1.93 bits per heavy atom. The van der Waals surface area contributed by atoms with Crippen LogP contribution in [-0.2, 0) is 6.54 Å². The van der Waals surface area contributed by atoms with Gasteiger partial charge in [0.1, 0.15) is 23.2 Å². The minimum atomic E-state index is -0.547. The number of rotatable bonds is 5. The average Bonchev–Trinajstić information content (AvgIpc) is 2.69. The molecule has 0 unspecified atom stereocenters. The molecule has 0 radical (unpaired) electrons. The summed E-state index contributed by atoms with van der Waals surface area (Å²) < 4.78 is 19.0. The van der Waals surface area contributed by atoms with Crippen molar-refractivity contribution < 1.29 is 9.13 Å². The molecule has 7 heteroatoms. The van der Waals surface area contributed by atoms with Gasteiger partial charge in [0.15, 0.2) is 0 Å². The predicted octanol–water partition coefficient (Wildman–Crippen LogP) is 3.09. The molecule has 0 fully saturated rings. The first-order valence-electron chi connectivity index (χ1n) is 8.17. The van der Waals surface area contributed by atoms with Crippen molar-refractivity contribution in [1.82, 2.24) is 9.97 Å². The molecule has 6 nitrogen and oxygen atoms in total. The maximum absolute atomic E-state index is 13.9. The van der Waals surface area contributed by atoms with Crippen LogP contribution in [0.3, 0.4) is 0 Å². The van der Waals surface area contributed by atoms with Crippen molar-refractivity contribution in [2.45, 2.75) is 6.54 Å². The summed E-state index contributed by atoms with van der Waals surface area (Å²) in [5.74, 6) is 0.558. The molecule has 1 N–H and O–H groups in total. The Labute approximate surface area is 155 Å². The van der Waals surface area contributed by atoms with Crippen LogP contribution in [0.1, 0.15) is 11.1 Å². The van der Waals surface area contributed by atoms with E-state index in [2.05, 4.69) is 9.97 Å². The fourth-order valence-electron chi connectivity index (χ4n) is 2.66. The Hall–Kier alpha value is -3.66. The highest BCUT2D eigenvalue weighted by atomic mass is 19.1. The summed E-state index contributed by atoms with van der Waals surface area (Å²) in [7, 11) is 3.24. The summed E-state index contributed by atoms with van der Waals surface area (Å²) in [6.07, 6.45) is 0. The van der Waals surface area contributed by atoms with Crippen LogP contribution in [-0.4, -0.2) is 24.1 Å². The molecule has 0 bridgehead atoms. The van der Waals surface area contributed by atoms with E-state index in [0.717, 1.165) is 0 Å². The van der Waals surface area contributed by atoms with Crippen LogP contribution in [0, 0.1) is 17.1 Å². The van der Waals surface area contributed by atoms with Gasteiger partial charge < -0.3 is 9.64 Å². The number of aromatic nitrogens is 2. The first kappa shape index (κ1) is 18.1. The Balaban J connectivity index is 2.02. The Bertz CT molecular complexity index is 1050. The molecule has 136 valence electrons. The minimum absolute atomic E-state index is 0.0804. The smallest absolute Gasteiger partial charge is 0.270 e. The van der Waals surface area contributed by atoms with Crippen LogP contribution in [0.15, 0.2) is 53.3 Å². The molecular formula is C20H17FN4O2. The Kier molecular flexibility index (Phi) is 5.18. The molecule has 1 aromatic heterocycles. The molecule has 0 atom stereocenters. The number of benzene rings is 2. The first-order chi connectivity index (χ1) is 13.0. The lowest BCUT2D eigenvalue weighted by molar-refractivity contribution is 0.415. The molecule has 3 rings (SSSR count). The fraction of sp³-hybridized carbons (Fsp3) is 0.150. The van der Waals surface area contributed by atoms with Crippen molar-refractivity contribution in [2.75, 3.05) is 19.1 Å². The Morgan fingerprint density at radius 3 is 2.56 bits per heavy atom. The third kappa shape index (κ3) is 3.80. The zero-order valence-corrected chi connectivity index (χ0v) is 14.9. The van der Waals surface area contributed by atoms with Crippen molar-refractivity contribution in [3.8, 4) is 23.1 Å². The number of hydrogen-bond donors (Lipinski definition) is 1. The summed E-state index contributed by atoms with van der Waals surface area (Å²) in [5, 5.41) is 9.36. The quantitative estimate of drug-likeness (QED) is 0.752. The SMILES string of the molecule is COc1ccc(-c2nc(N(C)Cc3ccccc3F)[nH]c(=O)c2C#N)cc1. The van der Waals surface area contributed by atoms with E-state index in [1.54, 1.807) is 61.5 Å². The number of nitriles is 1. The molecule has 0 saturated heterocycles. The van der Waals surface area contributed by atoms with E-state index in [-0.39, 0.29) is 29.6 Å². The number of anilines is 1. The summed E-state index contributed by atoms with van der Waals surface area (Å²) in [6.45, 7) is 0.212. The van der Waals surface area contributed by atoms with Gasteiger partial charge in [-0.3, -0.25) is 9.78 Å². The number of halogens is 1. The maximum atomic E-state index is 13.9. The van der Waals surface area contributed by atoms with Gasteiger partial charge in [-0.15, -0.1) is 0 Å². The zero-order chi connectivity index (χ0) is 19.4. The number of nitrogens with one attached hydrogen (secondary N) is 1. The molecule has 0 amide bonds. The predicted molar refractivity (Wildman–Crippen MR) is 100 cm³/mol. The van der Waals surface area contributed by atoms with E-state index in [4.69, 9.17) is 4.74 Å². The third-order valence-electron chi connectivity index (χ3n) is 4.11. The van der Waals surface area contributed by atoms with Crippen LogP contribution < -0.4 is 15.2 Å². The molecule has 0 aliphatic rings. The monoisotopic (exact) mass is 364 g/mol. The normalized spacial score (nSPS) is 10.3. The Morgan fingerprint density at radius 1 is 1.22 bits per heavy atom. The molecule has 0 aliphatic heterocycles. The van der Waals surface area contributed by atoms with E-state index in [0.29, 0.717) is 16.9 Å². The van der Waals surface area contributed by atoms with Crippen molar-refractivity contribution in [3.05, 3.63) is 75.8 Å². The number of H-pyrrole nitrogens is 1. The summed E-state index contributed by atoms with van der Waals surface area (Å²) in [4.78, 5) is 21.0. The molecule has 27 heavy (non-hydrogen) atoms. The minimum Gasteiger partial charge on any atom is -0.497 e. The average molecular weight is 364 g/mol. The summed E-state index contributed by atoms with van der Waals surface area (Å²) in [6, 6.07) is 15.2. The van der Waals surface area contributed by atoms with Gasteiger partial charge in [-0.05, 0) is 30.3 Å². The van der Waals surface area contributed by atoms with E-state index < -0.39 is 5.56 Å². The van der Waals surface area contributed by atoms with Crippen LogP contribution in [0.2, 0.25) is 0 Å². The van der Waals surface area contributed by atoms with Gasteiger partial charge in [-0.25, -0.2) is 9.37 Å². The maximum Gasteiger partial charge on any atom is 0.270 e. The van der Waals surface area contributed by atoms with Gasteiger partial charge in [0.2, 0.25) is 5.95 Å². The number of nitrogens with zero attached hydrogens (tertiary/aromatic N) is 3. The highest BCUT2D eigenvalue weighted by molar-refractivity contribution is 5.67. The standard InChI is InChI=1S/C20H17FN4O2/c1-25(12-14-5-3-4-6-17(14)21)20-23-18(16(11-22)19(26)24-20)13-7-9-15(27-2)10-8-13/h3-10H,12H2,1-2H3,(H,23,24,26). The molecule has 2 aromatic carbocycles. The zero-order valence-electron chi connectivity index (χ0n) is 14.9. The van der Waals surface area contributed by atoms with Gasteiger partial charge in [0.25, 0.3) is 5.56 Å². The second-order valence-corrected chi connectivity index (χ2v) is 5.90. The third-order valence-corrected chi connectivity index (χ3v) is 4.11. The molecule has 0 saturated carbocycles. The second kappa shape index (κ2) is 7.70. The lowest BCUT2D eigenvalue weighted by Crippen LogP contribution is -2.25. The molecule has 0 spiro atoms. The van der Waals surface area contributed by atoms with Crippen LogP contribution in [0.25, 0.3) is 11.3 Å². The number of hydrogen-bond acceptors (Lipinski definition) is 5. The second-order valence-electron chi connectivity index (χ2n) is 5.90. The first-order valence-corrected chi connectivity index (χ1v) is 8.17. The topological polar surface area (TPSA) is 82.0 Å². The van der Waals surface area contributed by atoms with Gasteiger partial charge in [-0.1, -0.05) is 18.2 Å². The number of aromatic amines is 1. The summed E-state index contributed by atoms with van der Waals surface area (Å²) in [5.41, 5.74) is 0.716. The lowest BCUT2D eigenvalue weighted by atomic mass is 10.1. The van der Waals surface area contributed by atoms with Crippen molar-refractivity contribution >= 4 is 5.95 Å². The molecule has 0 aliphatic carbocycles. The van der Waals surface area contributed by atoms with E-state index in [9.17, 15) is 14.4 Å². The van der Waals surface area contributed by atoms with Crippen molar-refractivity contribution in [1.29, 1.82) is 5.26 Å². The molecule has 1 heterocycles. The van der Waals surface area contributed by atoms with Crippen LogP contribution >= 0.6 is 0 Å². The van der Waals surface area contributed by atoms with E-state index >= 15 is 0 Å². The van der Waals surface area contributed by atoms with Gasteiger partial charge >= 0.3 is 0 Å². The van der Waals surface area contributed by atoms with Crippen LogP contribution in [0.5, 0.6) is 5.75 Å². The number of methoxy groups -OCH3 is 1. The lowest BCUT2D eigenvalue weighted by Gasteiger charge is -2.19. The van der Waals surface area contributed by atoms with Crippen molar-refractivity contribution in [2.24, 2.45) is 0 Å². The molecule has 3 aromatic rings. The van der Waals surface area contributed by atoms with Gasteiger partial charge in [0, 0.05) is 24.7 Å². The molecular weight excluding hydrogens is 347 g/mol. The van der Waals surface area contributed by atoms with Gasteiger partial charge in [0.05, 0.1) is 12.8 Å². The van der Waals surface area contributed by atoms with Crippen LogP contribution in [0.4, 0.5) is 10.3 Å². The van der Waals surface area contributed by atoms with Gasteiger partial charge in [-0.2, -0.15) is 5.26 Å². The van der Waals surface area contributed by atoms with E-state index in [1.165, 1.54) is 6.07 Å². The van der Waals surface area contributed by atoms with E-state index in [1.807, 2.05) is 6.07 Å².